The second-order valence-electron chi connectivity index (χ2n) is 7.65. The molecule has 0 saturated heterocycles. The highest BCUT2D eigenvalue weighted by Crippen LogP contribution is 2.47. The highest BCUT2D eigenvalue weighted by atomic mass is 79.9. The third kappa shape index (κ3) is 6.01. The van der Waals surface area contributed by atoms with Crippen LogP contribution in [0.4, 0.5) is 0 Å². The average molecular weight is 564 g/mol. The first-order chi connectivity index (χ1) is 16.6. The predicted molar refractivity (Wildman–Crippen MR) is 149 cm³/mol. The second-order valence-corrected chi connectivity index (χ2v) is 11.1. The maximum Gasteiger partial charge on any atom is 0.360 e. The summed E-state index contributed by atoms with van der Waals surface area (Å²) in [5, 5.41) is 5.22. The second kappa shape index (κ2) is 13.3. The number of hydrogen-bond acceptors (Lipinski definition) is 6. The molecule has 0 amide bonds. The SMILES string of the molecule is CCCSC(SCCC)c1c(Br)n(Cc2ccccc2/C(=N\OC)C(=O)OC)c2ccccc12. The van der Waals surface area contributed by atoms with Gasteiger partial charge in [0.05, 0.1) is 16.3 Å². The molecule has 0 bridgehead atoms. The number of oxime groups is 1. The molecule has 1 aromatic heterocycles. The maximum absolute atomic E-state index is 12.4. The van der Waals surface area contributed by atoms with Crippen molar-refractivity contribution in [1.82, 2.24) is 4.57 Å². The number of nitrogens with zero attached hydrogens (tertiary/aromatic N) is 2. The van der Waals surface area contributed by atoms with E-state index in [0.717, 1.165) is 40.0 Å². The molecule has 1 heterocycles. The molecule has 0 N–H and O–H groups in total. The van der Waals surface area contributed by atoms with Crippen molar-refractivity contribution in [2.24, 2.45) is 5.16 Å². The standard InChI is InChI=1S/C26H31BrN2O3S2/c1-5-15-33-26(34-16-6-2)22-20-13-9-10-14-21(20)29(24(22)27)17-18-11-7-8-12-19(18)23(28-32-4)25(30)31-3/h7-14,26H,5-6,15-17H2,1-4H3/b28-23+. The number of benzene rings is 2. The van der Waals surface area contributed by atoms with Crippen molar-refractivity contribution in [1.29, 1.82) is 0 Å². The molecule has 0 atom stereocenters. The smallest absolute Gasteiger partial charge is 0.360 e. The van der Waals surface area contributed by atoms with Crippen LogP contribution < -0.4 is 0 Å². The fourth-order valence-corrected chi connectivity index (χ4v) is 7.52. The summed E-state index contributed by atoms with van der Waals surface area (Å²) in [4.78, 5) is 17.4. The Hall–Kier alpha value is -1.90. The first-order valence-corrected chi connectivity index (χ1v) is 14.2. The van der Waals surface area contributed by atoms with E-state index in [1.54, 1.807) is 0 Å². The Morgan fingerprint density at radius 3 is 2.32 bits per heavy atom. The lowest BCUT2D eigenvalue weighted by Gasteiger charge is -2.17. The van der Waals surface area contributed by atoms with Crippen molar-refractivity contribution in [3.05, 3.63) is 69.8 Å². The number of thioether (sulfide) groups is 2. The van der Waals surface area contributed by atoms with Crippen molar-refractivity contribution in [2.75, 3.05) is 25.7 Å². The third-order valence-corrected chi connectivity index (χ3v) is 9.33. The normalized spacial score (nSPS) is 11.9. The number of rotatable bonds is 12. The van der Waals surface area contributed by atoms with E-state index in [-0.39, 0.29) is 5.71 Å². The number of ether oxygens (including phenoxy) is 1. The number of halogens is 1. The molecule has 8 heteroatoms. The van der Waals surface area contributed by atoms with Crippen molar-refractivity contribution in [2.45, 2.75) is 37.8 Å². The molecular weight excluding hydrogens is 532 g/mol. The van der Waals surface area contributed by atoms with Gasteiger partial charge < -0.3 is 14.1 Å². The molecule has 5 nitrogen and oxygen atoms in total. The molecule has 0 unspecified atom stereocenters. The summed E-state index contributed by atoms with van der Waals surface area (Å²) >= 11 is 7.98. The molecule has 0 radical (unpaired) electrons. The van der Waals surface area contributed by atoms with Gasteiger partial charge in [-0.15, -0.1) is 23.5 Å². The fraction of sp³-hybridized carbons (Fsp3) is 0.385. The molecule has 3 rings (SSSR count). The Balaban J connectivity index is 2.12. The van der Waals surface area contributed by atoms with E-state index < -0.39 is 5.97 Å². The molecule has 34 heavy (non-hydrogen) atoms. The van der Waals surface area contributed by atoms with E-state index >= 15 is 0 Å². The first kappa shape index (κ1) is 26.7. The largest absolute Gasteiger partial charge is 0.464 e. The summed E-state index contributed by atoms with van der Waals surface area (Å²) in [5.41, 5.74) is 4.28. The van der Waals surface area contributed by atoms with Crippen molar-refractivity contribution < 1.29 is 14.4 Å². The molecular formula is C26H31BrN2O3S2. The lowest BCUT2D eigenvalue weighted by atomic mass is 10.0. The van der Waals surface area contributed by atoms with Crippen LogP contribution in [0, 0.1) is 0 Å². The maximum atomic E-state index is 12.4. The molecule has 0 saturated carbocycles. The summed E-state index contributed by atoms with van der Waals surface area (Å²) in [5.74, 6) is 1.71. The number of methoxy groups -OCH3 is 1. The third-order valence-electron chi connectivity index (χ3n) is 5.29. The van der Waals surface area contributed by atoms with Gasteiger partial charge in [-0.05, 0) is 51.9 Å². The van der Waals surface area contributed by atoms with Gasteiger partial charge in [-0.3, -0.25) is 0 Å². The Labute approximate surface area is 218 Å². The molecule has 0 fully saturated rings. The predicted octanol–water partition coefficient (Wildman–Crippen LogP) is 7.26. The lowest BCUT2D eigenvalue weighted by Crippen LogP contribution is -2.20. The van der Waals surface area contributed by atoms with Crippen LogP contribution in [0.1, 0.15) is 48.0 Å². The van der Waals surface area contributed by atoms with Crippen LogP contribution in [0.15, 0.2) is 58.3 Å². The number of para-hydroxylation sites is 1. The van der Waals surface area contributed by atoms with Gasteiger partial charge in [-0.25, -0.2) is 4.79 Å². The minimum atomic E-state index is -0.529. The zero-order valence-corrected chi connectivity index (χ0v) is 23.3. The van der Waals surface area contributed by atoms with Gasteiger partial charge in [0, 0.05) is 28.6 Å². The Bertz CT molecular complexity index is 1140. The minimum absolute atomic E-state index is 0.156. The number of carbonyl (C=O) groups is 1. The molecule has 3 aromatic rings. The van der Waals surface area contributed by atoms with Crippen LogP contribution in [0.5, 0.6) is 0 Å². The van der Waals surface area contributed by atoms with Gasteiger partial charge in [0.1, 0.15) is 7.11 Å². The average Bonchev–Trinajstić information content (AvgIpc) is 3.14. The first-order valence-electron chi connectivity index (χ1n) is 11.3. The molecule has 0 aliphatic rings. The molecule has 0 aliphatic carbocycles. The lowest BCUT2D eigenvalue weighted by molar-refractivity contribution is -0.132. The van der Waals surface area contributed by atoms with E-state index in [1.165, 1.54) is 25.2 Å². The van der Waals surface area contributed by atoms with E-state index in [9.17, 15) is 4.79 Å². The summed E-state index contributed by atoms with van der Waals surface area (Å²) in [7, 11) is 2.77. The molecule has 0 spiro atoms. The highest BCUT2D eigenvalue weighted by molar-refractivity contribution is 9.10. The Kier molecular flexibility index (Phi) is 10.4. The highest BCUT2D eigenvalue weighted by Gasteiger charge is 2.25. The van der Waals surface area contributed by atoms with Crippen molar-refractivity contribution in [3.8, 4) is 0 Å². The number of hydrogen-bond donors (Lipinski definition) is 0. The summed E-state index contributed by atoms with van der Waals surface area (Å²) in [6, 6.07) is 16.3. The van der Waals surface area contributed by atoms with Gasteiger partial charge in [0.2, 0.25) is 0 Å². The molecule has 2 aromatic carbocycles. The van der Waals surface area contributed by atoms with Crippen molar-refractivity contribution >= 4 is 62.0 Å². The van der Waals surface area contributed by atoms with Gasteiger partial charge in [0.25, 0.3) is 0 Å². The van der Waals surface area contributed by atoms with Gasteiger partial charge in [-0.1, -0.05) is 61.5 Å². The quantitative estimate of drug-likeness (QED) is 0.101. The van der Waals surface area contributed by atoms with Crippen LogP contribution in [0.2, 0.25) is 0 Å². The monoisotopic (exact) mass is 562 g/mol. The summed E-state index contributed by atoms with van der Waals surface area (Å²) in [6.07, 6.45) is 2.29. The molecule has 0 aliphatic heterocycles. The van der Waals surface area contributed by atoms with Crippen LogP contribution in [0.3, 0.4) is 0 Å². The topological polar surface area (TPSA) is 52.8 Å². The summed E-state index contributed by atoms with van der Waals surface area (Å²) in [6.45, 7) is 5.02. The van der Waals surface area contributed by atoms with Gasteiger partial charge >= 0.3 is 5.97 Å². The zero-order chi connectivity index (χ0) is 24.5. The fourth-order valence-electron chi connectivity index (χ4n) is 3.79. The number of carbonyl (C=O) groups excluding carboxylic acids is 1. The van der Waals surface area contributed by atoms with Crippen LogP contribution in [0.25, 0.3) is 10.9 Å². The minimum Gasteiger partial charge on any atom is -0.464 e. The van der Waals surface area contributed by atoms with E-state index in [1.807, 2.05) is 47.8 Å². The van der Waals surface area contributed by atoms with Gasteiger partial charge in [0.15, 0.2) is 5.71 Å². The van der Waals surface area contributed by atoms with Gasteiger partial charge in [-0.2, -0.15) is 0 Å². The van der Waals surface area contributed by atoms with Crippen molar-refractivity contribution in [3.63, 3.8) is 0 Å². The summed E-state index contributed by atoms with van der Waals surface area (Å²) < 4.78 is 8.65. The number of fused-ring (bicyclic) bond motifs is 1. The van der Waals surface area contributed by atoms with Crippen LogP contribution in [-0.2, 0) is 20.9 Å². The van der Waals surface area contributed by atoms with E-state index in [2.05, 4.69) is 63.8 Å². The Morgan fingerprint density at radius 2 is 1.68 bits per heavy atom. The van der Waals surface area contributed by atoms with Crippen LogP contribution >= 0.6 is 39.5 Å². The number of esters is 1. The van der Waals surface area contributed by atoms with E-state index in [0.29, 0.717) is 16.7 Å². The van der Waals surface area contributed by atoms with Crippen LogP contribution in [-0.4, -0.2) is 42.0 Å². The zero-order valence-electron chi connectivity index (χ0n) is 20.0. The number of aromatic nitrogens is 1. The Morgan fingerprint density at radius 1 is 1.03 bits per heavy atom. The van der Waals surface area contributed by atoms with E-state index in [4.69, 9.17) is 9.57 Å². The molecule has 182 valence electrons.